The number of benzene rings is 1. The Bertz CT molecular complexity index is 776. The van der Waals surface area contributed by atoms with Gasteiger partial charge in [0.25, 0.3) is 0 Å². The lowest BCUT2D eigenvalue weighted by Gasteiger charge is -2.43. The molecule has 2 amide bonds. The highest BCUT2D eigenvalue weighted by Crippen LogP contribution is 2.27. The number of phenolic OH excluding ortho intramolecular Hbond substituents is 1. The summed E-state index contributed by atoms with van der Waals surface area (Å²) in [5.41, 5.74) is 0.673. The summed E-state index contributed by atoms with van der Waals surface area (Å²) in [6, 6.07) is 5.50. The molecule has 2 aliphatic heterocycles. The molecule has 0 aliphatic carbocycles. The smallest absolute Gasteiger partial charge is 0.227 e. The first kappa shape index (κ1) is 16.8. The number of hydrogen-bond donors (Lipinski definition) is 1. The van der Waals surface area contributed by atoms with E-state index in [2.05, 4.69) is 0 Å². The van der Waals surface area contributed by atoms with Gasteiger partial charge in [-0.1, -0.05) is 12.1 Å². The fraction of sp³-hybridized carbons (Fsp3) is 0.500. The van der Waals surface area contributed by atoms with Gasteiger partial charge in [-0.2, -0.15) is 0 Å². The number of carbonyl (C=O) groups excluding carboxylic acids is 2. The first-order valence-electron chi connectivity index (χ1n) is 7.82. The first-order chi connectivity index (χ1) is 11.3. The SMILES string of the molecule is CC(=O)N1CCN(C(=O)Cc2cccc(O)c2)[C@@H]2CS(=O)(=O)C[C@@H]21. The van der Waals surface area contributed by atoms with Crippen LogP contribution in [-0.2, 0) is 25.8 Å². The van der Waals surface area contributed by atoms with Crippen molar-refractivity contribution in [3.05, 3.63) is 29.8 Å². The minimum atomic E-state index is -3.27. The second kappa shape index (κ2) is 6.08. The number of sulfone groups is 1. The zero-order valence-corrected chi connectivity index (χ0v) is 14.2. The number of piperazine rings is 1. The minimum Gasteiger partial charge on any atom is -0.508 e. The first-order valence-corrected chi connectivity index (χ1v) is 9.64. The maximum atomic E-state index is 12.7. The molecule has 2 saturated heterocycles. The molecule has 0 radical (unpaired) electrons. The van der Waals surface area contributed by atoms with Crippen LogP contribution in [0.1, 0.15) is 12.5 Å². The highest BCUT2D eigenvalue weighted by molar-refractivity contribution is 7.91. The van der Waals surface area contributed by atoms with E-state index < -0.39 is 21.9 Å². The Morgan fingerprint density at radius 3 is 2.42 bits per heavy atom. The van der Waals surface area contributed by atoms with Gasteiger partial charge < -0.3 is 14.9 Å². The Hall–Kier alpha value is -2.09. The predicted octanol–water partition coefficient (Wildman–Crippen LogP) is -0.209. The van der Waals surface area contributed by atoms with Gasteiger partial charge in [0.2, 0.25) is 11.8 Å². The second-order valence-corrected chi connectivity index (χ2v) is 8.51. The van der Waals surface area contributed by atoms with Gasteiger partial charge >= 0.3 is 0 Å². The van der Waals surface area contributed by atoms with Crippen molar-refractivity contribution in [3.8, 4) is 5.75 Å². The van der Waals surface area contributed by atoms with Gasteiger partial charge in [-0.05, 0) is 17.7 Å². The van der Waals surface area contributed by atoms with Crippen molar-refractivity contribution in [1.82, 2.24) is 9.80 Å². The van der Waals surface area contributed by atoms with Crippen molar-refractivity contribution in [1.29, 1.82) is 0 Å². The molecule has 3 rings (SSSR count). The van der Waals surface area contributed by atoms with Crippen LogP contribution in [-0.4, -0.2) is 71.8 Å². The molecule has 1 aromatic rings. The summed E-state index contributed by atoms with van der Waals surface area (Å²) in [6.07, 6.45) is 0.0950. The standard InChI is InChI=1S/C16H20N2O5S/c1-11(19)17-5-6-18(15-10-24(22,23)9-14(15)17)16(21)8-12-3-2-4-13(20)7-12/h2-4,7,14-15,20H,5-6,8-10H2,1H3/t14-,15+/m0/s1. The number of aromatic hydroxyl groups is 1. The molecule has 1 aromatic carbocycles. The quantitative estimate of drug-likeness (QED) is 0.795. The van der Waals surface area contributed by atoms with E-state index in [-0.39, 0.29) is 35.5 Å². The zero-order valence-electron chi connectivity index (χ0n) is 13.4. The number of hydrogen-bond acceptors (Lipinski definition) is 5. The van der Waals surface area contributed by atoms with E-state index >= 15 is 0 Å². The van der Waals surface area contributed by atoms with Crippen molar-refractivity contribution >= 4 is 21.7 Å². The largest absolute Gasteiger partial charge is 0.508 e. The molecular formula is C16H20N2O5S. The lowest BCUT2D eigenvalue weighted by molar-refractivity contribution is -0.143. The molecule has 7 nitrogen and oxygen atoms in total. The summed E-state index contributed by atoms with van der Waals surface area (Å²) in [7, 11) is -3.27. The molecule has 2 heterocycles. The molecular weight excluding hydrogens is 332 g/mol. The lowest BCUT2D eigenvalue weighted by atomic mass is 10.0. The van der Waals surface area contributed by atoms with Crippen molar-refractivity contribution in [2.45, 2.75) is 25.4 Å². The molecule has 0 bridgehead atoms. The maximum Gasteiger partial charge on any atom is 0.227 e. The van der Waals surface area contributed by atoms with Crippen LogP contribution in [0.25, 0.3) is 0 Å². The molecule has 2 aliphatic rings. The molecule has 0 saturated carbocycles. The summed E-state index contributed by atoms with van der Waals surface area (Å²) < 4.78 is 24.1. The summed E-state index contributed by atoms with van der Waals surface area (Å²) in [4.78, 5) is 27.6. The minimum absolute atomic E-state index is 0.0861. The number of carbonyl (C=O) groups is 2. The molecule has 0 spiro atoms. The summed E-state index contributed by atoms with van der Waals surface area (Å²) in [6.45, 7) is 2.10. The van der Waals surface area contributed by atoms with E-state index in [0.717, 1.165) is 0 Å². The average molecular weight is 352 g/mol. The van der Waals surface area contributed by atoms with Gasteiger partial charge in [0, 0.05) is 20.0 Å². The van der Waals surface area contributed by atoms with Crippen LogP contribution in [0.4, 0.5) is 0 Å². The molecule has 2 atom stereocenters. The van der Waals surface area contributed by atoms with Crippen LogP contribution < -0.4 is 0 Å². The zero-order chi connectivity index (χ0) is 17.5. The van der Waals surface area contributed by atoms with Gasteiger partial charge in [0.15, 0.2) is 9.84 Å². The monoisotopic (exact) mass is 352 g/mol. The number of amides is 2. The van der Waals surface area contributed by atoms with Gasteiger partial charge in [0.05, 0.1) is 30.0 Å². The third-order valence-corrected chi connectivity index (χ3v) is 6.37. The summed E-state index contributed by atoms with van der Waals surface area (Å²) >= 11 is 0. The Morgan fingerprint density at radius 1 is 1.17 bits per heavy atom. The van der Waals surface area contributed by atoms with Gasteiger partial charge in [-0.15, -0.1) is 0 Å². The molecule has 2 fully saturated rings. The highest BCUT2D eigenvalue weighted by atomic mass is 32.2. The van der Waals surface area contributed by atoms with E-state index in [0.29, 0.717) is 18.7 Å². The number of rotatable bonds is 2. The van der Waals surface area contributed by atoms with Crippen molar-refractivity contribution < 1.29 is 23.1 Å². The van der Waals surface area contributed by atoms with Crippen molar-refractivity contribution in [2.75, 3.05) is 24.6 Å². The Kier molecular flexibility index (Phi) is 4.25. The van der Waals surface area contributed by atoms with E-state index in [1.54, 1.807) is 21.9 Å². The molecule has 130 valence electrons. The van der Waals surface area contributed by atoms with E-state index in [1.807, 2.05) is 0 Å². The van der Waals surface area contributed by atoms with Gasteiger partial charge in [-0.3, -0.25) is 9.59 Å². The van der Waals surface area contributed by atoms with Crippen LogP contribution in [0.2, 0.25) is 0 Å². The number of phenols is 1. The Labute approximate surface area is 140 Å². The van der Waals surface area contributed by atoms with Crippen LogP contribution in [0.15, 0.2) is 24.3 Å². The maximum absolute atomic E-state index is 12.7. The fourth-order valence-corrected chi connectivity index (χ4v) is 5.58. The molecule has 1 N–H and O–H groups in total. The summed E-state index contributed by atoms with van der Waals surface area (Å²) in [5.74, 6) is -0.457. The second-order valence-electron chi connectivity index (χ2n) is 6.36. The predicted molar refractivity (Wildman–Crippen MR) is 87.1 cm³/mol. The Balaban J connectivity index is 1.81. The van der Waals surface area contributed by atoms with Crippen molar-refractivity contribution in [3.63, 3.8) is 0 Å². The van der Waals surface area contributed by atoms with E-state index in [4.69, 9.17) is 0 Å². The molecule has 24 heavy (non-hydrogen) atoms. The van der Waals surface area contributed by atoms with Gasteiger partial charge in [0.1, 0.15) is 5.75 Å². The van der Waals surface area contributed by atoms with Crippen LogP contribution in [0.3, 0.4) is 0 Å². The third kappa shape index (κ3) is 3.24. The summed E-state index contributed by atoms with van der Waals surface area (Å²) in [5, 5.41) is 9.50. The number of nitrogens with zero attached hydrogens (tertiary/aromatic N) is 2. The lowest BCUT2D eigenvalue weighted by Crippen LogP contribution is -2.61. The molecule has 0 aromatic heterocycles. The molecule has 8 heteroatoms. The third-order valence-electron chi connectivity index (χ3n) is 4.67. The highest BCUT2D eigenvalue weighted by Gasteiger charge is 2.48. The normalized spacial score (nSPS) is 25.4. The van der Waals surface area contributed by atoms with E-state index in [9.17, 15) is 23.1 Å². The van der Waals surface area contributed by atoms with Crippen LogP contribution >= 0.6 is 0 Å². The van der Waals surface area contributed by atoms with Gasteiger partial charge in [-0.25, -0.2) is 8.42 Å². The van der Waals surface area contributed by atoms with E-state index in [1.165, 1.54) is 19.1 Å². The fourth-order valence-electron chi connectivity index (χ4n) is 3.60. The Morgan fingerprint density at radius 2 is 1.79 bits per heavy atom. The topological polar surface area (TPSA) is 95.0 Å². The van der Waals surface area contributed by atoms with Crippen molar-refractivity contribution in [2.24, 2.45) is 0 Å². The molecule has 0 unspecified atom stereocenters. The average Bonchev–Trinajstić information content (AvgIpc) is 2.80. The van der Waals surface area contributed by atoms with Crippen LogP contribution in [0.5, 0.6) is 5.75 Å². The van der Waals surface area contributed by atoms with Crippen LogP contribution in [0, 0.1) is 0 Å². The number of fused-ring (bicyclic) bond motifs is 1.